The quantitative estimate of drug-likeness (QED) is 0.822. The molecule has 100 valence electrons. The van der Waals surface area contributed by atoms with Crippen LogP contribution in [0, 0.1) is 0 Å². The average molecular weight is 275 g/mol. The lowest BCUT2D eigenvalue weighted by Gasteiger charge is -2.07. The number of aromatic nitrogens is 2. The predicted octanol–water partition coefficient (Wildman–Crippen LogP) is 2.16. The van der Waals surface area contributed by atoms with Gasteiger partial charge in [0.05, 0.1) is 5.75 Å². The van der Waals surface area contributed by atoms with Crippen molar-refractivity contribution in [1.82, 2.24) is 14.9 Å². The van der Waals surface area contributed by atoms with Crippen molar-refractivity contribution in [3.8, 4) is 0 Å². The standard InChI is InChI=1S/C14H17N3OS/c1-2-15-13(18)11-19-14-16-8-9-17(14)10-12-6-4-3-5-7-12/h3-9H,2,10-11H2,1H3,(H,15,18). The Morgan fingerprint density at radius 3 is 2.89 bits per heavy atom. The third-order valence-electron chi connectivity index (χ3n) is 2.58. The Morgan fingerprint density at radius 2 is 2.16 bits per heavy atom. The molecule has 4 nitrogen and oxygen atoms in total. The van der Waals surface area contributed by atoms with Crippen molar-refractivity contribution < 1.29 is 4.79 Å². The van der Waals surface area contributed by atoms with Crippen LogP contribution in [0.15, 0.2) is 47.9 Å². The normalized spacial score (nSPS) is 10.4. The first kappa shape index (κ1) is 13.7. The molecule has 0 aliphatic heterocycles. The number of benzene rings is 1. The maximum absolute atomic E-state index is 11.4. The van der Waals surface area contributed by atoms with Gasteiger partial charge in [-0.15, -0.1) is 0 Å². The third kappa shape index (κ3) is 4.13. The van der Waals surface area contributed by atoms with Crippen molar-refractivity contribution in [2.75, 3.05) is 12.3 Å². The number of hydrogen-bond donors (Lipinski definition) is 1. The van der Waals surface area contributed by atoms with Crippen LogP contribution in [0.25, 0.3) is 0 Å². The van der Waals surface area contributed by atoms with Crippen LogP contribution in [0.2, 0.25) is 0 Å². The van der Waals surface area contributed by atoms with Gasteiger partial charge >= 0.3 is 0 Å². The molecule has 1 aromatic carbocycles. The van der Waals surface area contributed by atoms with Gasteiger partial charge in [0.15, 0.2) is 5.16 Å². The van der Waals surface area contributed by atoms with Crippen LogP contribution in [0.1, 0.15) is 12.5 Å². The van der Waals surface area contributed by atoms with Crippen molar-refractivity contribution in [2.24, 2.45) is 0 Å². The first-order valence-electron chi connectivity index (χ1n) is 6.24. The highest BCUT2D eigenvalue weighted by molar-refractivity contribution is 7.99. The first-order valence-corrected chi connectivity index (χ1v) is 7.22. The number of thioether (sulfide) groups is 1. The van der Waals surface area contributed by atoms with Gasteiger partial charge in [-0.25, -0.2) is 4.98 Å². The zero-order valence-electron chi connectivity index (χ0n) is 10.9. The Kier molecular flexibility index (Phi) is 5.03. The van der Waals surface area contributed by atoms with Gasteiger partial charge in [0.1, 0.15) is 0 Å². The molecule has 1 N–H and O–H groups in total. The monoisotopic (exact) mass is 275 g/mol. The van der Waals surface area contributed by atoms with E-state index < -0.39 is 0 Å². The second kappa shape index (κ2) is 6.99. The van der Waals surface area contributed by atoms with Gasteiger partial charge in [-0.1, -0.05) is 42.1 Å². The zero-order valence-corrected chi connectivity index (χ0v) is 11.7. The van der Waals surface area contributed by atoms with Crippen molar-refractivity contribution in [2.45, 2.75) is 18.6 Å². The maximum atomic E-state index is 11.4. The van der Waals surface area contributed by atoms with Crippen LogP contribution >= 0.6 is 11.8 Å². The molecule has 0 saturated carbocycles. The molecule has 2 aromatic rings. The molecule has 5 heteroatoms. The van der Waals surface area contributed by atoms with Crippen molar-refractivity contribution in [1.29, 1.82) is 0 Å². The van der Waals surface area contributed by atoms with Crippen LogP contribution in [0.3, 0.4) is 0 Å². The molecule has 0 atom stereocenters. The maximum Gasteiger partial charge on any atom is 0.230 e. The molecule has 0 spiro atoms. The Balaban J connectivity index is 1.96. The highest BCUT2D eigenvalue weighted by atomic mass is 32.2. The molecule has 0 aliphatic rings. The third-order valence-corrected chi connectivity index (χ3v) is 3.58. The summed E-state index contributed by atoms with van der Waals surface area (Å²) in [6, 6.07) is 10.2. The number of nitrogens with zero attached hydrogens (tertiary/aromatic N) is 2. The summed E-state index contributed by atoms with van der Waals surface area (Å²) < 4.78 is 2.05. The van der Waals surface area contributed by atoms with Crippen LogP contribution in [-0.2, 0) is 11.3 Å². The van der Waals surface area contributed by atoms with Crippen molar-refractivity contribution in [3.63, 3.8) is 0 Å². The molecule has 0 bridgehead atoms. The van der Waals surface area contributed by atoms with Crippen molar-refractivity contribution in [3.05, 3.63) is 48.3 Å². The number of hydrogen-bond acceptors (Lipinski definition) is 3. The van der Waals surface area contributed by atoms with E-state index >= 15 is 0 Å². The molecule has 1 aromatic heterocycles. The van der Waals surface area contributed by atoms with Gasteiger partial charge in [-0.3, -0.25) is 4.79 Å². The van der Waals surface area contributed by atoms with Crippen LogP contribution in [0.5, 0.6) is 0 Å². The number of amides is 1. The van der Waals surface area contributed by atoms with Crippen LogP contribution in [0.4, 0.5) is 0 Å². The minimum absolute atomic E-state index is 0.0433. The fourth-order valence-corrected chi connectivity index (χ4v) is 2.50. The fourth-order valence-electron chi connectivity index (χ4n) is 1.71. The van der Waals surface area contributed by atoms with Gasteiger partial charge in [0.2, 0.25) is 5.91 Å². The summed E-state index contributed by atoms with van der Waals surface area (Å²) in [7, 11) is 0. The summed E-state index contributed by atoms with van der Waals surface area (Å²) in [6.07, 6.45) is 3.70. The van der Waals surface area contributed by atoms with Gasteiger partial charge < -0.3 is 9.88 Å². The van der Waals surface area contributed by atoms with E-state index in [4.69, 9.17) is 0 Å². The summed E-state index contributed by atoms with van der Waals surface area (Å²) in [5, 5.41) is 3.65. The van der Waals surface area contributed by atoms with Gasteiger partial charge in [-0.2, -0.15) is 0 Å². The topological polar surface area (TPSA) is 46.9 Å². The molecule has 0 unspecified atom stereocenters. The lowest BCUT2D eigenvalue weighted by atomic mass is 10.2. The molecule has 0 radical (unpaired) electrons. The van der Waals surface area contributed by atoms with Gasteiger partial charge in [0.25, 0.3) is 0 Å². The van der Waals surface area contributed by atoms with Gasteiger partial charge in [0, 0.05) is 25.5 Å². The largest absolute Gasteiger partial charge is 0.356 e. The zero-order chi connectivity index (χ0) is 13.5. The number of rotatable bonds is 6. The molecular weight excluding hydrogens is 258 g/mol. The molecular formula is C14H17N3OS. The van der Waals surface area contributed by atoms with Crippen LogP contribution in [-0.4, -0.2) is 27.8 Å². The average Bonchev–Trinajstić information content (AvgIpc) is 2.85. The van der Waals surface area contributed by atoms with Gasteiger partial charge in [-0.05, 0) is 12.5 Å². The predicted molar refractivity (Wildman–Crippen MR) is 77.2 cm³/mol. The lowest BCUT2D eigenvalue weighted by molar-refractivity contribution is -0.118. The number of carbonyl (C=O) groups excluding carboxylic acids is 1. The minimum Gasteiger partial charge on any atom is -0.356 e. The highest BCUT2D eigenvalue weighted by Gasteiger charge is 2.07. The highest BCUT2D eigenvalue weighted by Crippen LogP contribution is 2.16. The van der Waals surface area contributed by atoms with E-state index in [1.807, 2.05) is 31.3 Å². The van der Waals surface area contributed by atoms with Crippen molar-refractivity contribution >= 4 is 17.7 Å². The second-order valence-corrected chi connectivity index (χ2v) is 5.01. The summed E-state index contributed by atoms with van der Waals surface area (Å²) in [6.45, 7) is 3.36. The van der Waals surface area contributed by atoms with E-state index in [1.165, 1.54) is 17.3 Å². The van der Waals surface area contributed by atoms with E-state index in [9.17, 15) is 4.79 Å². The summed E-state index contributed by atoms with van der Waals surface area (Å²) in [5.74, 6) is 0.446. The Morgan fingerprint density at radius 1 is 1.37 bits per heavy atom. The van der Waals surface area contributed by atoms with Crippen LogP contribution < -0.4 is 5.32 Å². The number of carbonyl (C=O) groups is 1. The van der Waals surface area contributed by atoms with E-state index in [1.54, 1.807) is 6.20 Å². The first-order chi connectivity index (χ1) is 9.29. The lowest BCUT2D eigenvalue weighted by Crippen LogP contribution is -2.24. The summed E-state index contributed by atoms with van der Waals surface area (Å²) >= 11 is 1.46. The Bertz CT molecular complexity index is 524. The SMILES string of the molecule is CCNC(=O)CSc1nccn1Cc1ccccc1. The molecule has 0 aliphatic carbocycles. The molecule has 1 amide bonds. The minimum atomic E-state index is 0.0433. The molecule has 0 saturated heterocycles. The van der Waals surface area contributed by atoms with E-state index in [0.29, 0.717) is 12.3 Å². The van der Waals surface area contributed by atoms with E-state index in [0.717, 1.165) is 11.7 Å². The summed E-state index contributed by atoms with van der Waals surface area (Å²) in [4.78, 5) is 15.7. The smallest absolute Gasteiger partial charge is 0.230 e. The number of nitrogens with one attached hydrogen (secondary N) is 1. The molecule has 2 rings (SSSR count). The fraction of sp³-hybridized carbons (Fsp3) is 0.286. The molecule has 0 fully saturated rings. The molecule has 19 heavy (non-hydrogen) atoms. The second-order valence-electron chi connectivity index (χ2n) is 4.07. The number of imidazole rings is 1. The summed E-state index contributed by atoms with van der Waals surface area (Å²) in [5.41, 5.74) is 1.22. The van der Waals surface area contributed by atoms with E-state index in [2.05, 4.69) is 27.0 Å². The molecule has 1 heterocycles. The van der Waals surface area contributed by atoms with E-state index in [-0.39, 0.29) is 5.91 Å². The Labute approximate surface area is 117 Å². The Hall–Kier alpha value is -1.75.